The van der Waals surface area contributed by atoms with Crippen molar-refractivity contribution >= 4 is 17.7 Å². The van der Waals surface area contributed by atoms with Crippen molar-refractivity contribution in [1.82, 2.24) is 10.6 Å². The lowest BCUT2D eigenvalue weighted by Crippen LogP contribution is -2.53. The van der Waals surface area contributed by atoms with E-state index in [1.165, 1.54) is 19.3 Å². The van der Waals surface area contributed by atoms with Crippen LogP contribution >= 0.6 is 11.8 Å². The van der Waals surface area contributed by atoms with Crippen molar-refractivity contribution in [1.29, 1.82) is 5.26 Å². The molecule has 1 saturated carbocycles. The molecular weight excluding hydrogens is 282 g/mol. The minimum absolute atomic E-state index is 0.0847. The van der Waals surface area contributed by atoms with E-state index in [0.717, 1.165) is 12.2 Å². The van der Waals surface area contributed by atoms with E-state index in [2.05, 4.69) is 23.6 Å². The molecule has 0 aromatic carbocycles. The maximum absolute atomic E-state index is 12.1. The summed E-state index contributed by atoms with van der Waals surface area (Å²) in [6.45, 7) is 8.17. The molecule has 0 aliphatic heterocycles. The Hall–Kier alpha value is -0.730. The van der Waals surface area contributed by atoms with Gasteiger partial charge in [0.15, 0.2) is 0 Å². The number of thioether (sulfide) groups is 1. The van der Waals surface area contributed by atoms with Gasteiger partial charge in [-0.15, -0.1) is 0 Å². The second-order valence-electron chi connectivity index (χ2n) is 6.28. The lowest BCUT2D eigenvalue weighted by Gasteiger charge is -2.32. The number of hydrogen-bond donors (Lipinski definition) is 2. The minimum atomic E-state index is -0.789. The lowest BCUT2D eigenvalue weighted by molar-refractivity contribution is -0.122. The van der Waals surface area contributed by atoms with Crippen LogP contribution < -0.4 is 10.6 Å². The van der Waals surface area contributed by atoms with Crippen LogP contribution in [-0.4, -0.2) is 35.0 Å². The lowest BCUT2D eigenvalue weighted by atomic mass is 9.90. The van der Waals surface area contributed by atoms with Crippen LogP contribution in [0.3, 0.4) is 0 Å². The quantitative estimate of drug-likeness (QED) is 0.759. The van der Waals surface area contributed by atoms with Crippen LogP contribution in [0.4, 0.5) is 0 Å². The molecule has 0 radical (unpaired) electrons. The number of rotatable bonds is 7. The van der Waals surface area contributed by atoms with Gasteiger partial charge in [0, 0.05) is 11.3 Å². The van der Waals surface area contributed by atoms with Crippen molar-refractivity contribution in [3.8, 4) is 6.07 Å². The first-order valence-electron chi connectivity index (χ1n) is 8.00. The number of nitrogens with one attached hydrogen (secondary N) is 2. The largest absolute Gasteiger partial charge is 0.337 e. The van der Waals surface area contributed by atoms with Gasteiger partial charge in [0.2, 0.25) is 5.91 Å². The maximum atomic E-state index is 12.1. The van der Waals surface area contributed by atoms with Crippen molar-refractivity contribution in [3.05, 3.63) is 0 Å². The second-order valence-corrected chi connectivity index (χ2v) is 7.80. The zero-order valence-corrected chi connectivity index (χ0v) is 14.6. The molecule has 0 heterocycles. The normalized spacial score (nSPS) is 25.1. The molecule has 4 nitrogen and oxygen atoms in total. The number of hydrogen-bond acceptors (Lipinski definition) is 4. The van der Waals surface area contributed by atoms with Crippen molar-refractivity contribution in [3.63, 3.8) is 0 Å². The molecule has 2 N–H and O–H groups in total. The Morgan fingerprint density at radius 2 is 2.10 bits per heavy atom. The summed E-state index contributed by atoms with van der Waals surface area (Å²) in [6, 6.07) is 2.63. The summed E-state index contributed by atoms with van der Waals surface area (Å²) in [7, 11) is 0. The molecule has 120 valence electrons. The molecule has 0 aromatic heterocycles. The molecule has 1 aliphatic rings. The van der Waals surface area contributed by atoms with E-state index in [1.807, 2.05) is 25.6 Å². The minimum Gasteiger partial charge on any atom is -0.337 e. The van der Waals surface area contributed by atoms with E-state index in [9.17, 15) is 10.1 Å². The molecule has 0 saturated heterocycles. The number of carbonyl (C=O) groups is 1. The van der Waals surface area contributed by atoms with Crippen LogP contribution in [0.5, 0.6) is 0 Å². The number of nitrogens with zero attached hydrogens (tertiary/aromatic N) is 1. The van der Waals surface area contributed by atoms with Crippen LogP contribution in [0, 0.1) is 17.2 Å². The van der Waals surface area contributed by atoms with Gasteiger partial charge >= 0.3 is 0 Å². The summed E-state index contributed by atoms with van der Waals surface area (Å²) in [5, 5.41) is 16.1. The summed E-state index contributed by atoms with van der Waals surface area (Å²) in [6.07, 6.45) is 4.91. The fourth-order valence-electron chi connectivity index (χ4n) is 2.60. The molecule has 1 aliphatic carbocycles. The summed E-state index contributed by atoms with van der Waals surface area (Å²) >= 11 is 1.99. The molecule has 0 bridgehead atoms. The van der Waals surface area contributed by atoms with Gasteiger partial charge in [-0.1, -0.05) is 33.6 Å². The van der Waals surface area contributed by atoms with Crippen LogP contribution in [0.25, 0.3) is 0 Å². The van der Waals surface area contributed by atoms with E-state index in [4.69, 9.17) is 0 Å². The Morgan fingerprint density at radius 3 is 2.67 bits per heavy atom. The fraction of sp³-hybridized carbons (Fsp3) is 0.875. The maximum Gasteiger partial charge on any atom is 0.235 e. The Morgan fingerprint density at radius 1 is 1.43 bits per heavy atom. The molecule has 21 heavy (non-hydrogen) atoms. The van der Waals surface area contributed by atoms with Crippen LogP contribution in [0.2, 0.25) is 0 Å². The molecule has 0 aromatic rings. The third-order valence-corrected chi connectivity index (χ3v) is 5.72. The van der Waals surface area contributed by atoms with Gasteiger partial charge < -0.3 is 10.6 Å². The Kier molecular flexibility index (Phi) is 7.55. The average Bonchev–Trinajstić information content (AvgIpc) is 2.46. The predicted molar refractivity (Wildman–Crippen MR) is 89.2 cm³/mol. The summed E-state index contributed by atoms with van der Waals surface area (Å²) in [5.41, 5.74) is -0.789. The summed E-state index contributed by atoms with van der Waals surface area (Å²) < 4.78 is 0. The smallest absolute Gasteiger partial charge is 0.235 e. The first kappa shape index (κ1) is 18.3. The van der Waals surface area contributed by atoms with E-state index in [-0.39, 0.29) is 11.8 Å². The Balaban J connectivity index is 2.46. The molecule has 3 atom stereocenters. The van der Waals surface area contributed by atoms with Gasteiger partial charge in [0.25, 0.3) is 0 Å². The molecular formula is C16H29N3OS. The zero-order chi connectivity index (χ0) is 15.9. The first-order valence-corrected chi connectivity index (χ1v) is 9.05. The van der Waals surface area contributed by atoms with E-state index < -0.39 is 5.54 Å². The van der Waals surface area contributed by atoms with Gasteiger partial charge in [-0.2, -0.15) is 17.0 Å². The van der Waals surface area contributed by atoms with E-state index in [0.29, 0.717) is 17.8 Å². The van der Waals surface area contributed by atoms with Gasteiger partial charge in [-0.3, -0.25) is 4.79 Å². The number of carbonyl (C=O) groups excluding carboxylic acids is 1. The third kappa shape index (κ3) is 5.52. The summed E-state index contributed by atoms with van der Waals surface area (Å²) in [5.74, 6) is 1.12. The highest BCUT2D eigenvalue weighted by molar-refractivity contribution is 7.99. The second kappa shape index (κ2) is 8.65. The van der Waals surface area contributed by atoms with Crippen molar-refractivity contribution < 1.29 is 4.79 Å². The molecule has 0 unspecified atom stereocenters. The van der Waals surface area contributed by atoms with E-state index >= 15 is 0 Å². The SMILES string of the molecule is CCS[C@@H]1CCCC[C@@H]1NCC(=O)N[C@@](C)(C#N)C(C)C. The number of amides is 1. The van der Waals surface area contributed by atoms with Crippen LogP contribution in [0.1, 0.15) is 53.4 Å². The van der Waals surface area contributed by atoms with Crippen LogP contribution in [-0.2, 0) is 4.79 Å². The van der Waals surface area contributed by atoms with Crippen molar-refractivity contribution in [2.24, 2.45) is 5.92 Å². The first-order chi connectivity index (χ1) is 9.92. The fourth-order valence-corrected chi connectivity index (χ4v) is 3.83. The average molecular weight is 311 g/mol. The third-order valence-electron chi connectivity index (χ3n) is 4.39. The van der Waals surface area contributed by atoms with Gasteiger partial charge in [-0.05, 0) is 31.4 Å². The van der Waals surface area contributed by atoms with Gasteiger partial charge in [-0.25, -0.2) is 0 Å². The monoisotopic (exact) mass is 311 g/mol. The molecule has 5 heteroatoms. The number of nitriles is 1. The zero-order valence-electron chi connectivity index (χ0n) is 13.7. The standard InChI is InChI=1S/C16H29N3OS/c1-5-21-14-9-7-6-8-13(14)18-10-15(20)19-16(4,11-17)12(2)3/h12-14,18H,5-10H2,1-4H3,(H,19,20)/t13-,14+,16-/m0/s1. The van der Waals surface area contributed by atoms with Gasteiger partial charge in [0.05, 0.1) is 12.6 Å². The van der Waals surface area contributed by atoms with Gasteiger partial charge in [0.1, 0.15) is 5.54 Å². The topological polar surface area (TPSA) is 64.9 Å². The highest BCUT2D eigenvalue weighted by Gasteiger charge is 2.30. The highest BCUT2D eigenvalue weighted by Crippen LogP contribution is 2.28. The van der Waals surface area contributed by atoms with Crippen molar-refractivity contribution in [2.75, 3.05) is 12.3 Å². The molecule has 0 spiro atoms. The van der Waals surface area contributed by atoms with Crippen molar-refractivity contribution in [2.45, 2.75) is 70.2 Å². The van der Waals surface area contributed by atoms with E-state index in [1.54, 1.807) is 6.92 Å². The summed E-state index contributed by atoms with van der Waals surface area (Å²) in [4.78, 5) is 12.1. The Bertz CT molecular complexity index is 378. The molecule has 1 amide bonds. The Labute approximate surface area is 133 Å². The molecule has 1 fully saturated rings. The highest BCUT2D eigenvalue weighted by atomic mass is 32.2. The predicted octanol–water partition coefficient (Wildman–Crippen LogP) is 2.69. The van der Waals surface area contributed by atoms with Crippen LogP contribution in [0.15, 0.2) is 0 Å². The molecule has 1 rings (SSSR count).